The summed E-state index contributed by atoms with van der Waals surface area (Å²) < 4.78 is 43.4. The quantitative estimate of drug-likeness (QED) is 0.0404. The van der Waals surface area contributed by atoms with Crippen molar-refractivity contribution in [2.45, 2.75) is 49.2 Å². The van der Waals surface area contributed by atoms with Crippen LogP contribution in [0.1, 0.15) is 33.2 Å². The molecule has 8 rings (SSSR count). The first-order valence-corrected chi connectivity index (χ1v) is 18.7. The van der Waals surface area contributed by atoms with Gasteiger partial charge in [0.25, 0.3) is 11.8 Å². The number of alkyl halides is 3. The number of anilines is 2. The Kier molecular flexibility index (Phi) is 16.1. The minimum absolute atomic E-state index is 0. The summed E-state index contributed by atoms with van der Waals surface area (Å²) in [4.78, 5) is 53.6. The normalized spacial score (nSPS) is 22.8. The van der Waals surface area contributed by atoms with Crippen molar-refractivity contribution < 1.29 is 67.6 Å². The second-order valence-corrected chi connectivity index (χ2v) is 13.3. The molecule has 2 amide bonds. The number of amides is 2. The predicted octanol–water partition coefficient (Wildman–Crippen LogP) is 1.97. The summed E-state index contributed by atoms with van der Waals surface area (Å²) in [6.45, 7) is -0.214. The molecule has 6 aromatic rings. The molecule has 4 N–H and O–H groups in total. The number of ether oxygens (including phenoxy) is 2. The SMILES string of the molecule is O=C(Nc1ncnc2c1ncn2[C@@H]1O[C@H](CI)[C@@H](O)[C@H]1F)c1ccccc1.[N-]=[N+]=NC[C@H]1O[C@@H](n2cnc3c(NC(=O)c4ccccc4)ncnc32)[C@H](F)[C@@H]1O.[N-]=[N+]=[N-].[Na+]. The van der Waals surface area contributed by atoms with Gasteiger partial charge in [-0.2, -0.15) is 0 Å². The van der Waals surface area contributed by atoms with Crippen molar-refractivity contribution >= 4 is 68.4 Å². The Hall–Kier alpha value is -5.47. The van der Waals surface area contributed by atoms with Crippen LogP contribution in [0.2, 0.25) is 0 Å². The standard InChI is InChI=1S/C17H15FIN5O3.C17H15FN8O3.N3.Na/c18-11-13(25)10(6-19)27-17(11)24-8-22-12-14(20-7-21-15(12)24)23-16(26)9-4-2-1-3-5-9;18-11-13(27)10(6-23-25-19)29-17(11)26-8-22-12-14(20-7-21-15(12)26)24-16(28)9-4-2-1-3-5-9;1-3-2;/h1-5,7-8,10-11,13,17,25H,6H2,(H,20,21,23,26);1-5,7-8,10-11,13,17,27H,6H2,(H,20,21,24,28);;/q;;-1;+1/t2*10-,11-,13-,17-;;/m11../s1. The van der Waals surface area contributed by atoms with E-state index in [2.05, 4.69) is 50.6 Å². The molecule has 4 aromatic heterocycles. The number of nitrogens with zero attached hydrogens (tertiary/aromatic N) is 14. The second-order valence-electron chi connectivity index (χ2n) is 12.4. The predicted molar refractivity (Wildman–Crippen MR) is 212 cm³/mol. The molecule has 26 heteroatoms. The number of hydrogen-bond donors (Lipinski definition) is 4. The maximum absolute atomic E-state index is 14.6. The van der Waals surface area contributed by atoms with Crippen molar-refractivity contribution in [2.75, 3.05) is 21.6 Å². The zero-order valence-electron chi connectivity index (χ0n) is 31.0. The molecule has 2 saturated heterocycles. The Morgan fingerprint density at radius 3 is 1.55 bits per heavy atom. The van der Waals surface area contributed by atoms with Crippen molar-refractivity contribution in [1.82, 2.24) is 39.0 Å². The number of azide groups is 1. The molecule has 2 aliphatic rings. The van der Waals surface area contributed by atoms with E-state index in [1.54, 1.807) is 54.6 Å². The van der Waals surface area contributed by atoms with E-state index >= 15 is 0 Å². The Morgan fingerprint density at radius 2 is 1.15 bits per heavy atom. The largest absolute Gasteiger partial charge is 1.00 e. The number of aliphatic hydroxyl groups is 2. The van der Waals surface area contributed by atoms with Crippen LogP contribution in [0.25, 0.3) is 48.7 Å². The van der Waals surface area contributed by atoms with Gasteiger partial charge in [-0.25, -0.2) is 38.7 Å². The first-order valence-electron chi connectivity index (χ1n) is 17.2. The van der Waals surface area contributed by atoms with Crippen LogP contribution in [0, 0.1) is 0 Å². The van der Waals surface area contributed by atoms with E-state index in [0.29, 0.717) is 26.7 Å². The maximum atomic E-state index is 14.6. The maximum Gasteiger partial charge on any atom is 1.00 e. The number of rotatable bonds is 9. The van der Waals surface area contributed by atoms with Gasteiger partial charge in [0.1, 0.15) is 24.9 Å². The Bertz CT molecular complexity index is 2500. The fourth-order valence-corrected chi connectivity index (χ4v) is 6.78. The van der Waals surface area contributed by atoms with E-state index < -0.39 is 49.2 Å². The van der Waals surface area contributed by atoms with E-state index in [1.165, 1.54) is 39.4 Å². The van der Waals surface area contributed by atoms with E-state index in [0.717, 1.165) is 0 Å². The van der Waals surface area contributed by atoms with Gasteiger partial charge < -0.3 is 41.4 Å². The molecule has 304 valence electrons. The molecular weight excluding hydrogens is 916 g/mol. The number of halogens is 3. The summed E-state index contributed by atoms with van der Waals surface area (Å²) in [7, 11) is 0. The number of fused-ring (bicyclic) bond motifs is 2. The van der Waals surface area contributed by atoms with Crippen molar-refractivity contribution in [3.8, 4) is 0 Å². The third-order valence-corrected chi connectivity index (χ3v) is 9.73. The average molecular weight is 947 g/mol. The number of aromatic nitrogens is 8. The molecule has 0 aliphatic carbocycles. The molecular formula is C34H30F2IN16NaO6. The van der Waals surface area contributed by atoms with Crippen LogP contribution in [0.4, 0.5) is 20.4 Å². The topological polar surface area (TPSA) is 312 Å². The van der Waals surface area contributed by atoms with Crippen LogP contribution in [0.5, 0.6) is 0 Å². The summed E-state index contributed by atoms with van der Waals surface area (Å²) in [6, 6.07) is 17.2. The molecule has 22 nitrogen and oxygen atoms in total. The summed E-state index contributed by atoms with van der Waals surface area (Å²) in [5.74, 6) is -0.356. The van der Waals surface area contributed by atoms with Crippen LogP contribution in [-0.2, 0) is 9.47 Å². The third-order valence-electron chi connectivity index (χ3n) is 8.87. The number of carbonyl (C=O) groups excluding carboxylic acids is 2. The Morgan fingerprint density at radius 1 is 0.733 bits per heavy atom. The first-order chi connectivity index (χ1) is 28.6. The molecule has 0 saturated carbocycles. The molecule has 0 bridgehead atoms. The van der Waals surface area contributed by atoms with Crippen LogP contribution < -0.4 is 40.2 Å². The monoisotopic (exact) mass is 946 g/mol. The van der Waals surface area contributed by atoms with Gasteiger partial charge in [0.15, 0.2) is 58.8 Å². The van der Waals surface area contributed by atoms with Gasteiger partial charge in [-0.3, -0.25) is 23.6 Å². The van der Waals surface area contributed by atoms with Crippen molar-refractivity contribution in [3.63, 3.8) is 0 Å². The number of aliphatic hydroxyl groups excluding tert-OH is 2. The zero-order chi connectivity index (χ0) is 42.1. The van der Waals surface area contributed by atoms with Gasteiger partial charge >= 0.3 is 29.6 Å². The van der Waals surface area contributed by atoms with Crippen molar-refractivity contribution in [2.24, 2.45) is 5.11 Å². The number of benzene rings is 2. The van der Waals surface area contributed by atoms with E-state index in [4.69, 9.17) is 26.1 Å². The number of imidazole rings is 2. The Balaban J connectivity index is 0.000000211. The van der Waals surface area contributed by atoms with Gasteiger partial charge in [-0.05, 0) is 29.8 Å². The molecule has 0 unspecified atom stereocenters. The summed E-state index contributed by atoms with van der Waals surface area (Å²) in [6.07, 6.45) is -4.83. The minimum Gasteiger partial charge on any atom is -0.387 e. The molecule has 8 atom stereocenters. The van der Waals surface area contributed by atoms with Crippen LogP contribution in [0.3, 0.4) is 0 Å². The van der Waals surface area contributed by atoms with Gasteiger partial charge in [0.05, 0.1) is 31.4 Å². The number of nitrogens with one attached hydrogen (secondary N) is 2. The zero-order valence-corrected chi connectivity index (χ0v) is 35.2. The average Bonchev–Trinajstić information content (AvgIpc) is 4.03. The van der Waals surface area contributed by atoms with E-state index in [-0.39, 0.29) is 70.7 Å². The third kappa shape index (κ3) is 9.93. The Labute approximate surface area is 372 Å². The van der Waals surface area contributed by atoms with Gasteiger partial charge in [-0.15, -0.1) is 0 Å². The molecule has 60 heavy (non-hydrogen) atoms. The smallest absolute Gasteiger partial charge is 0.387 e. The summed E-state index contributed by atoms with van der Waals surface area (Å²) in [5.41, 5.74) is 23.9. The van der Waals surface area contributed by atoms with Gasteiger partial charge in [0.2, 0.25) is 0 Å². The van der Waals surface area contributed by atoms with Crippen LogP contribution >= 0.6 is 22.6 Å². The van der Waals surface area contributed by atoms with Crippen molar-refractivity contribution in [3.05, 3.63) is 124 Å². The molecule has 6 heterocycles. The molecule has 0 radical (unpaired) electrons. The van der Waals surface area contributed by atoms with Gasteiger partial charge in [0, 0.05) is 20.5 Å². The molecule has 2 aliphatic heterocycles. The molecule has 0 spiro atoms. The molecule has 2 fully saturated rings. The minimum atomic E-state index is -1.79. The molecule has 2 aromatic carbocycles. The first kappa shape index (κ1) is 45.6. The number of hydrogen-bond acceptors (Lipinski definition) is 13. The fraction of sp³-hybridized carbons (Fsp3) is 0.294. The second kappa shape index (κ2) is 21.2. The van der Waals surface area contributed by atoms with E-state index in [1.807, 2.05) is 28.7 Å². The summed E-state index contributed by atoms with van der Waals surface area (Å²) in [5, 5.41) is 28.7. The fourth-order valence-electron chi connectivity index (χ4n) is 6.05. The van der Waals surface area contributed by atoms with Crippen LogP contribution in [0.15, 0.2) is 91.1 Å². The number of carbonyl (C=O) groups is 2. The summed E-state index contributed by atoms with van der Waals surface area (Å²) >= 11 is 2.04. The van der Waals surface area contributed by atoms with E-state index in [9.17, 15) is 28.6 Å². The van der Waals surface area contributed by atoms with Gasteiger partial charge in [-0.1, -0.05) is 64.1 Å². The van der Waals surface area contributed by atoms with Crippen molar-refractivity contribution in [1.29, 1.82) is 0 Å². The van der Waals surface area contributed by atoms with Crippen LogP contribution in [-0.4, -0.2) is 109 Å².